The predicted molar refractivity (Wildman–Crippen MR) is 72.6 cm³/mol. The van der Waals surface area contributed by atoms with E-state index in [9.17, 15) is 14.9 Å². The van der Waals surface area contributed by atoms with Crippen LogP contribution in [0.15, 0.2) is 23.7 Å². The maximum Gasteiger partial charge on any atom is 0.271 e. The zero-order chi connectivity index (χ0) is 14.0. The van der Waals surface area contributed by atoms with Crippen molar-refractivity contribution in [3.63, 3.8) is 0 Å². The van der Waals surface area contributed by atoms with Crippen LogP contribution in [0.1, 0.15) is 10.4 Å². The topological polar surface area (TPSA) is 111 Å². The van der Waals surface area contributed by atoms with Crippen LogP contribution in [0.2, 0.25) is 5.02 Å². The molecule has 0 fully saturated rings. The molecular formula is C10H7ClN4O3S. The number of hydrogen-bond acceptors (Lipinski definition) is 6. The van der Waals surface area contributed by atoms with E-state index in [0.717, 1.165) is 12.1 Å². The lowest BCUT2D eigenvalue weighted by atomic mass is 10.1. The average Bonchev–Trinajstić information content (AvgIpc) is 2.84. The molecule has 19 heavy (non-hydrogen) atoms. The second-order valence-electron chi connectivity index (χ2n) is 3.44. The Morgan fingerprint density at radius 1 is 1.53 bits per heavy atom. The number of halogens is 1. The summed E-state index contributed by atoms with van der Waals surface area (Å²) in [7, 11) is 0. The second kappa shape index (κ2) is 5.21. The maximum absolute atomic E-state index is 12.0. The third-order valence-electron chi connectivity index (χ3n) is 2.22. The molecule has 2 aromatic rings. The number of nitro groups is 1. The van der Waals surface area contributed by atoms with Gasteiger partial charge in [0.15, 0.2) is 5.13 Å². The molecule has 0 saturated heterocycles. The van der Waals surface area contributed by atoms with Crippen LogP contribution in [-0.2, 0) is 0 Å². The van der Waals surface area contributed by atoms with E-state index in [1.54, 1.807) is 5.38 Å². The first-order valence-corrected chi connectivity index (χ1v) is 6.19. The summed E-state index contributed by atoms with van der Waals surface area (Å²) in [6, 6.07) is 2.17. The molecule has 1 aromatic carbocycles. The van der Waals surface area contributed by atoms with Gasteiger partial charge in [-0.25, -0.2) is 4.98 Å². The molecule has 1 aromatic heterocycles. The highest BCUT2D eigenvalue weighted by Gasteiger charge is 2.19. The highest BCUT2D eigenvalue weighted by atomic mass is 35.5. The van der Waals surface area contributed by atoms with E-state index in [1.165, 1.54) is 17.5 Å². The zero-order valence-electron chi connectivity index (χ0n) is 9.29. The Bertz CT molecular complexity index is 644. The number of amides is 1. The smallest absolute Gasteiger partial charge is 0.271 e. The Kier molecular flexibility index (Phi) is 3.63. The second-order valence-corrected chi connectivity index (χ2v) is 4.74. The molecule has 0 atom stereocenters. The first-order valence-electron chi connectivity index (χ1n) is 4.93. The molecule has 1 amide bonds. The Balaban J connectivity index is 2.38. The first kappa shape index (κ1) is 13.2. The van der Waals surface area contributed by atoms with Gasteiger partial charge >= 0.3 is 0 Å². The summed E-state index contributed by atoms with van der Waals surface area (Å²) in [6.07, 6.45) is 1.52. The van der Waals surface area contributed by atoms with Crippen LogP contribution in [0.25, 0.3) is 0 Å². The highest BCUT2D eigenvalue weighted by molar-refractivity contribution is 7.13. The molecule has 0 spiro atoms. The lowest BCUT2D eigenvalue weighted by molar-refractivity contribution is -0.384. The van der Waals surface area contributed by atoms with Crippen molar-refractivity contribution < 1.29 is 9.72 Å². The van der Waals surface area contributed by atoms with Crippen molar-refractivity contribution in [2.75, 3.05) is 11.1 Å². The minimum Gasteiger partial charge on any atom is -0.397 e. The van der Waals surface area contributed by atoms with Gasteiger partial charge in [-0.3, -0.25) is 20.2 Å². The molecule has 0 bridgehead atoms. The lowest BCUT2D eigenvalue weighted by Crippen LogP contribution is -2.14. The number of benzene rings is 1. The van der Waals surface area contributed by atoms with Crippen molar-refractivity contribution in [2.45, 2.75) is 0 Å². The number of nitrogen functional groups attached to an aromatic ring is 1. The number of hydrogen-bond donors (Lipinski definition) is 2. The summed E-state index contributed by atoms with van der Waals surface area (Å²) >= 11 is 6.98. The predicted octanol–water partition coefficient (Wildman–Crippen LogP) is 2.54. The van der Waals surface area contributed by atoms with E-state index >= 15 is 0 Å². The number of nitro benzene ring substituents is 1. The summed E-state index contributed by atoms with van der Waals surface area (Å²) in [5, 5.41) is 15.2. The molecule has 0 aliphatic carbocycles. The third kappa shape index (κ3) is 2.80. The van der Waals surface area contributed by atoms with Gasteiger partial charge in [0.05, 0.1) is 21.2 Å². The molecular weight excluding hydrogens is 292 g/mol. The van der Waals surface area contributed by atoms with Crippen molar-refractivity contribution in [3.05, 3.63) is 44.4 Å². The van der Waals surface area contributed by atoms with Crippen LogP contribution in [0.5, 0.6) is 0 Å². The first-order chi connectivity index (χ1) is 8.99. The van der Waals surface area contributed by atoms with Gasteiger partial charge in [-0.1, -0.05) is 11.6 Å². The summed E-state index contributed by atoms with van der Waals surface area (Å²) < 4.78 is 0. The summed E-state index contributed by atoms with van der Waals surface area (Å²) in [5.74, 6) is -0.599. The molecule has 1 heterocycles. The largest absolute Gasteiger partial charge is 0.397 e. The molecule has 98 valence electrons. The van der Waals surface area contributed by atoms with Gasteiger partial charge in [0.1, 0.15) is 0 Å². The fraction of sp³-hybridized carbons (Fsp3) is 0. The SMILES string of the molecule is Nc1c(Cl)cc([N+](=O)[O-])cc1C(=O)Nc1nccs1. The van der Waals surface area contributed by atoms with Crippen molar-refractivity contribution in [1.82, 2.24) is 4.98 Å². The summed E-state index contributed by atoms with van der Waals surface area (Å²) in [4.78, 5) is 25.9. The van der Waals surface area contributed by atoms with Gasteiger partial charge in [0.2, 0.25) is 0 Å². The van der Waals surface area contributed by atoms with E-state index in [0.29, 0.717) is 5.13 Å². The molecule has 0 saturated carbocycles. The van der Waals surface area contributed by atoms with E-state index in [1.807, 2.05) is 0 Å². The number of anilines is 2. The Morgan fingerprint density at radius 3 is 2.84 bits per heavy atom. The number of nitrogens with one attached hydrogen (secondary N) is 1. The van der Waals surface area contributed by atoms with E-state index in [2.05, 4.69) is 10.3 Å². The number of thiazole rings is 1. The van der Waals surface area contributed by atoms with Crippen molar-refractivity contribution >= 4 is 45.4 Å². The van der Waals surface area contributed by atoms with Crippen LogP contribution in [-0.4, -0.2) is 15.8 Å². The Labute approximate surface area is 116 Å². The molecule has 0 aliphatic heterocycles. The van der Waals surface area contributed by atoms with E-state index < -0.39 is 10.8 Å². The van der Waals surface area contributed by atoms with E-state index in [4.69, 9.17) is 17.3 Å². The van der Waals surface area contributed by atoms with Crippen LogP contribution < -0.4 is 11.1 Å². The fourth-order valence-electron chi connectivity index (χ4n) is 1.35. The average molecular weight is 299 g/mol. The number of aromatic nitrogens is 1. The number of nitrogens with zero attached hydrogens (tertiary/aromatic N) is 2. The molecule has 7 nitrogen and oxygen atoms in total. The molecule has 0 unspecified atom stereocenters. The maximum atomic E-state index is 12.0. The minimum absolute atomic E-state index is 0.0127. The van der Waals surface area contributed by atoms with Crippen molar-refractivity contribution in [1.29, 1.82) is 0 Å². The quantitative estimate of drug-likeness (QED) is 0.514. The molecule has 2 rings (SSSR count). The summed E-state index contributed by atoms with van der Waals surface area (Å²) in [6.45, 7) is 0. The van der Waals surface area contributed by atoms with Crippen LogP contribution >= 0.6 is 22.9 Å². The van der Waals surface area contributed by atoms with Gasteiger partial charge < -0.3 is 5.73 Å². The number of rotatable bonds is 3. The molecule has 0 radical (unpaired) electrons. The number of nitrogens with two attached hydrogens (primary N) is 1. The standard InChI is InChI=1S/C10H7ClN4O3S/c11-7-4-5(15(17)18)3-6(8(7)12)9(16)14-10-13-1-2-19-10/h1-4H,12H2,(H,13,14,16). The van der Waals surface area contributed by atoms with Gasteiger partial charge in [-0.15, -0.1) is 11.3 Å². The van der Waals surface area contributed by atoms with Crippen molar-refractivity contribution in [2.24, 2.45) is 0 Å². The monoisotopic (exact) mass is 298 g/mol. The van der Waals surface area contributed by atoms with Gasteiger partial charge in [-0.05, 0) is 0 Å². The number of carbonyl (C=O) groups excluding carboxylic acids is 1. The summed E-state index contributed by atoms with van der Waals surface area (Å²) in [5.41, 5.74) is 5.27. The van der Waals surface area contributed by atoms with Gasteiger partial charge in [0, 0.05) is 23.7 Å². The van der Waals surface area contributed by atoms with Crippen molar-refractivity contribution in [3.8, 4) is 0 Å². The van der Waals surface area contributed by atoms with Crippen LogP contribution in [0, 0.1) is 10.1 Å². The fourth-order valence-corrected chi connectivity index (χ4v) is 2.08. The Morgan fingerprint density at radius 2 is 2.26 bits per heavy atom. The van der Waals surface area contributed by atoms with E-state index in [-0.39, 0.29) is 22.0 Å². The van der Waals surface area contributed by atoms with Gasteiger partial charge in [-0.2, -0.15) is 0 Å². The van der Waals surface area contributed by atoms with Crippen LogP contribution in [0.4, 0.5) is 16.5 Å². The normalized spacial score (nSPS) is 10.2. The Hall–Kier alpha value is -2.19. The molecule has 0 aliphatic rings. The molecule has 3 N–H and O–H groups in total. The zero-order valence-corrected chi connectivity index (χ0v) is 10.9. The number of carbonyl (C=O) groups is 1. The highest BCUT2D eigenvalue weighted by Crippen LogP contribution is 2.29. The molecule has 9 heteroatoms. The third-order valence-corrected chi connectivity index (χ3v) is 3.22. The lowest BCUT2D eigenvalue weighted by Gasteiger charge is -2.06. The number of non-ortho nitro benzene ring substituents is 1. The minimum atomic E-state index is -0.647. The van der Waals surface area contributed by atoms with Gasteiger partial charge in [0.25, 0.3) is 11.6 Å². The van der Waals surface area contributed by atoms with Crippen LogP contribution in [0.3, 0.4) is 0 Å².